The maximum absolute atomic E-state index is 12.0. The minimum atomic E-state index is -0.584. The van der Waals surface area contributed by atoms with Gasteiger partial charge in [-0.2, -0.15) is 5.10 Å². The van der Waals surface area contributed by atoms with Crippen LogP contribution in [0.3, 0.4) is 0 Å². The maximum atomic E-state index is 12.0. The second-order valence-corrected chi connectivity index (χ2v) is 4.81. The molecular weight excluding hydrogens is 328 g/mol. The van der Waals surface area contributed by atoms with Crippen molar-refractivity contribution in [2.75, 3.05) is 20.0 Å². The monoisotopic (exact) mass is 344 g/mol. The number of carbonyl (C=O) groups is 1. The van der Waals surface area contributed by atoms with Gasteiger partial charge in [-0.15, -0.1) is 0 Å². The third-order valence-electron chi connectivity index (χ3n) is 3.30. The molecule has 25 heavy (non-hydrogen) atoms. The number of rotatable bonds is 6. The summed E-state index contributed by atoms with van der Waals surface area (Å²) in [6, 6.07) is 9.13. The standard InChI is InChI=1S/C16H16N4O5/c1-24-14-8-15(25-2)13(20(22)23)7-10(14)9-18-19-16(21)11-5-3-4-6-12(11)17/h3-9H,17H2,1-2H3,(H,19,21)/b18-9-. The largest absolute Gasteiger partial charge is 0.496 e. The van der Waals surface area contributed by atoms with Crippen molar-refractivity contribution >= 4 is 23.5 Å². The lowest BCUT2D eigenvalue weighted by Crippen LogP contribution is -2.19. The van der Waals surface area contributed by atoms with Crippen molar-refractivity contribution in [2.45, 2.75) is 0 Å². The lowest BCUT2D eigenvalue weighted by molar-refractivity contribution is -0.385. The van der Waals surface area contributed by atoms with Gasteiger partial charge < -0.3 is 15.2 Å². The van der Waals surface area contributed by atoms with Gasteiger partial charge in [0.05, 0.1) is 30.9 Å². The average molecular weight is 344 g/mol. The summed E-state index contributed by atoms with van der Waals surface area (Å²) in [6.07, 6.45) is 1.24. The smallest absolute Gasteiger partial charge is 0.311 e. The fourth-order valence-electron chi connectivity index (χ4n) is 2.07. The van der Waals surface area contributed by atoms with E-state index in [9.17, 15) is 14.9 Å². The molecule has 0 spiro atoms. The Morgan fingerprint density at radius 2 is 1.92 bits per heavy atom. The van der Waals surface area contributed by atoms with Gasteiger partial charge in [-0.05, 0) is 12.1 Å². The van der Waals surface area contributed by atoms with Crippen LogP contribution in [0.15, 0.2) is 41.5 Å². The summed E-state index contributed by atoms with van der Waals surface area (Å²) in [5.41, 5.74) is 8.66. The highest BCUT2D eigenvalue weighted by molar-refractivity contribution is 5.99. The molecule has 0 bridgehead atoms. The number of nitro benzene ring substituents is 1. The highest BCUT2D eigenvalue weighted by atomic mass is 16.6. The molecule has 130 valence electrons. The van der Waals surface area contributed by atoms with Crippen molar-refractivity contribution < 1.29 is 19.2 Å². The van der Waals surface area contributed by atoms with Gasteiger partial charge in [0.25, 0.3) is 5.91 Å². The zero-order chi connectivity index (χ0) is 18.4. The Balaban J connectivity index is 2.25. The molecule has 2 aromatic rings. The van der Waals surface area contributed by atoms with E-state index < -0.39 is 10.8 Å². The Morgan fingerprint density at radius 1 is 1.24 bits per heavy atom. The summed E-state index contributed by atoms with van der Waals surface area (Å²) in [6.45, 7) is 0. The van der Waals surface area contributed by atoms with Gasteiger partial charge in [-0.25, -0.2) is 5.43 Å². The van der Waals surface area contributed by atoms with Crippen LogP contribution >= 0.6 is 0 Å². The molecule has 2 aromatic carbocycles. The zero-order valence-electron chi connectivity index (χ0n) is 13.6. The normalized spacial score (nSPS) is 10.5. The number of methoxy groups -OCH3 is 2. The van der Waals surface area contributed by atoms with Crippen molar-refractivity contribution in [3.8, 4) is 11.5 Å². The molecule has 0 aliphatic rings. The van der Waals surface area contributed by atoms with E-state index >= 15 is 0 Å². The topological polar surface area (TPSA) is 129 Å². The molecule has 9 nitrogen and oxygen atoms in total. The van der Waals surface area contributed by atoms with E-state index in [4.69, 9.17) is 15.2 Å². The van der Waals surface area contributed by atoms with Crippen molar-refractivity contribution in [3.05, 3.63) is 57.6 Å². The third-order valence-corrected chi connectivity index (χ3v) is 3.30. The Kier molecular flexibility index (Phi) is 5.51. The summed E-state index contributed by atoms with van der Waals surface area (Å²) in [5, 5.41) is 14.9. The number of ether oxygens (including phenoxy) is 2. The van der Waals surface area contributed by atoms with Crippen LogP contribution < -0.4 is 20.6 Å². The van der Waals surface area contributed by atoms with Gasteiger partial charge >= 0.3 is 5.69 Å². The lowest BCUT2D eigenvalue weighted by Gasteiger charge is -2.08. The molecule has 0 atom stereocenters. The van der Waals surface area contributed by atoms with Crippen LogP contribution in [-0.2, 0) is 0 Å². The molecule has 0 unspecified atom stereocenters. The van der Waals surface area contributed by atoms with Crippen molar-refractivity contribution in [1.82, 2.24) is 5.43 Å². The van der Waals surface area contributed by atoms with Crippen LogP contribution in [0.2, 0.25) is 0 Å². The van der Waals surface area contributed by atoms with Gasteiger partial charge in [0.2, 0.25) is 5.75 Å². The molecule has 0 aliphatic heterocycles. The van der Waals surface area contributed by atoms with Crippen molar-refractivity contribution in [3.63, 3.8) is 0 Å². The number of nitrogens with zero attached hydrogens (tertiary/aromatic N) is 2. The van der Waals surface area contributed by atoms with Crippen LogP contribution in [0.5, 0.6) is 11.5 Å². The minimum absolute atomic E-state index is 0.0556. The SMILES string of the molecule is COc1cc(OC)c([N+](=O)[O-])cc1/C=N\NC(=O)c1ccccc1N. The fourth-order valence-corrected chi connectivity index (χ4v) is 2.07. The molecule has 3 N–H and O–H groups in total. The van der Waals surface area contributed by atoms with E-state index in [1.165, 1.54) is 32.6 Å². The number of hydrazone groups is 1. The quantitative estimate of drug-likeness (QED) is 0.357. The van der Waals surface area contributed by atoms with Crippen LogP contribution in [-0.4, -0.2) is 31.3 Å². The number of nitrogens with two attached hydrogens (primary N) is 1. The van der Waals surface area contributed by atoms with E-state index in [1.54, 1.807) is 24.3 Å². The molecule has 0 saturated carbocycles. The van der Waals surface area contributed by atoms with Gasteiger partial charge in [0.1, 0.15) is 5.75 Å². The third kappa shape index (κ3) is 4.02. The molecule has 0 aromatic heterocycles. The predicted octanol–water partition coefficient (Wildman–Crippen LogP) is 1.96. The van der Waals surface area contributed by atoms with E-state index in [1.807, 2.05) is 0 Å². The Bertz CT molecular complexity index is 835. The number of amides is 1. The van der Waals surface area contributed by atoms with Gasteiger partial charge in [0.15, 0.2) is 0 Å². The Morgan fingerprint density at radius 3 is 2.52 bits per heavy atom. The maximum Gasteiger partial charge on any atom is 0.311 e. The van der Waals surface area contributed by atoms with Gasteiger partial charge in [-0.1, -0.05) is 12.1 Å². The Hall–Kier alpha value is -3.62. The number of para-hydroxylation sites is 1. The number of carbonyl (C=O) groups excluding carboxylic acids is 1. The molecule has 1 amide bonds. The zero-order valence-corrected chi connectivity index (χ0v) is 13.6. The summed E-state index contributed by atoms with van der Waals surface area (Å²) in [5.74, 6) is -0.143. The second-order valence-electron chi connectivity index (χ2n) is 4.81. The highest BCUT2D eigenvalue weighted by Gasteiger charge is 2.19. The average Bonchev–Trinajstić information content (AvgIpc) is 2.61. The van der Waals surface area contributed by atoms with Gasteiger partial charge in [0, 0.05) is 23.4 Å². The highest BCUT2D eigenvalue weighted by Crippen LogP contribution is 2.33. The van der Waals surface area contributed by atoms with Gasteiger partial charge in [-0.3, -0.25) is 14.9 Å². The van der Waals surface area contributed by atoms with Crippen LogP contribution in [0, 0.1) is 10.1 Å². The van der Waals surface area contributed by atoms with Crippen LogP contribution in [0.25, 0.3) is 0 Å². The molecular formula is C16H16N4O5. The summed E-state index contributed by atoms with van der Waals surface area (Å²) in [7, 11) is 2.72. The number of hydrogen-bond acceptors (Lipinski definition) is 7. The number of hydrogen-bond donors (Lipinski definition) is 2. The molecule has 0 saturated heterocycles. The summed E-state index contributed by atoms with van der Waals surface area (Å²) >= 11 is 0. The first-order valence-electron chi connectivity index (χ1n) is 7.06. The first-order valence-corrected chi connectivity index (χ1v) is 7.06. The number of nitrogens with one attached hydrogen (secondary N) is 1. The first-order chi connectivity index (χ1) is 12.0. The summed E-state index contributed by atoms with van der Waals surface area (Å²) < 4.78 is 10.1. The van der Waals surface area contributed by atoms with Crippen molar-refractivity contribution in [2.24, 2.45) is 5.10 Å². The van der Waals surface area contributed by atoms with E-state index in [-0.39, 0.29) is 17.0 Å². The summed E-state index contributed by atoms with van der Waals surface area (Å²) in [4.78, 5) is 22.5. The second kappa shape index (κ2) is 7.77. The molecule has 0 heterocycles. The predicted molar refractivity (Wildman–Crippen MR) is 92.1 cm³/mol. The van der Waals surface area contributed by atoms with Crippen molar-refractivity contribution in [1.29, 1.82) is 0 Å². The van der Waals surface area contributed by atoms with E-state index in [0.717, 1.165) is 0 Å². The molecule has 0 aliphatic carbocycles. The number of nitro groups is 1. The Labute approximate surface area is 143 Å². The van der Waals surface area contributed by atoms with Crippen LogP contribution in [0.4, 0.5) is 11.4 Å². The number of benzene rings is 2. The first kappa shape index (κ1) is 17.7. The number of anilines is 1. The van der Waals surface area contributed by atoms with Crippen LogP contribution in [0.1, 0.15) is 15.9 Å². The fraction of sp³-hybridized carbons (Fsp3) is 0.125. The lowest BCUT2D eigenvalue weighted by atomic mass is 10.1. The van der Waals surface area contributed by atoms with E-state index in [0.29, 0.717) is 17.0 Å². The molecule has 9 heteroatoms. The molecule has 2 rings (SSSR count). The molecule has 0 radical (unpaired) electrons. The number of nitrogen functional groups attached to an aromatic ring is 1. The van der Waals surface area contributed by atoms with E-state index in [2.05, 4.69) is 10.5 Å². The minimum Gasteiger partial charge on any atom is -0.496 e. The molecule has 0 fully saturated rings.